The molecule has 8 heteroatoms. The molecule has 0 aliphatic rings. The van der Waals surface area contributed by atoms with Crippen molar-refractivity contribution in [2.75, 3.05) is 13.1 Å². The molecule has 2 rings (SSSR count). The van der Waals surface area contributed by atoms with Crippen molar-refractivity contribution in [3.63, 3.8) is 0 Å². The van der Waals surface area contributed by atoms with Crippen molar-refractivity contribution in [2.24, 2.45) is 0 Å². The molecule has 0 spiro atoms. The summed E-state index contributed by atoms with van der Waals surface area (Å²) < 4.78 is 5.30. The predicted octanol–water partition coefficient (Wildman–Crippen LogP) is 3.28. The molecule has 0 saturated heterocycles. The highest BCUT2D eigenvalue weighted by Gasteiger charge is 2.17. The second-order valence-electron chi connectivity index (χ2n) is 4.57. The lowest BCUT2D eigenvalue weighted by Crippen LogP contribution is -2.39. The van der Waals surface area contributed by atoms with Gasteiger partial charge in [-0.25, -0.2) is 4.98 Å². The summed E-state index contributed by atoms with van der Waals surface area (Å²) in [6, 6.07) is 3.89. The highest BCUT2D eigenvalue weighted by molar-refractivity contribution is 7.15. The number of likely N-dealkylation sites (N-methyl/N-ethyl adjacent to an activating group) is 1. The molecule has 0 saturated carbocycles. The van der Waals surface area contributed by atoms with Crippen molar-refractivity contribution in [1.82, 2.24) is 15.6 Å². The van der Waals surface area contributed by atoms with E-state index in [1.54, 1.807) is 6.26 Å². The summed E-state index contributed by atoms with van der Waals surface area (Å²) in [6.07, 6.45) is 1.60. The van der Waals surface area contributed by atoms with Crippen molar-refractivity contribution in [1.29, 1.82) is 0 Å². The normalized spacial score (nSPS) is 11.2. The lowest BCUT2D eigenvalue weighted by Gasteiger charge is -2.12. The van der Waals surface area contributed by atoms with E-state index in [1.165, 1.54) is 11.3 Å². The van der Waals surface area contributed by atoms with E-state index in [1.807, 2.05) is 32.9 Å². The van der Waals surface area contributed by atoms with Crippen molar-refractivity contribution in [3.05, 3.63) is 29.0 Å². The molecule has 0 radical (unpaired) electrons. The Kier molecular flexibility index (Phi) is 9.36. The van der Waals surface area contributed by atoms with E-state index in [4.69, 9.17) is 4.42 Å². The molecule has 22 heavy (non-hydrogen) atoms. The number of hydrogen-bond acceptors (Lipinski definition) is 5. The van der Waals surface area contributed by atoms with Crippen LogP contribution >= 0.6 is 36.2 Å². The van der Waals surface area contributed by atoms with Crippen LogP contribution < -0.4 is 10.6 Å². The van der Waals surface area contributed by atoms with Crippen molar-refractivity contribution in [2.45, 2.75) is 26.8 Å². The number of nitrogens with zero attached hydrogens (tertiary/aromatic N) is 1. The van der Waals surface area contributed by atoms with Crippen LogP contribution in [-0.2, 0) is 0 Å². The summed E-state index contributed by atoms with van der Waals surface area (Å²) in [4.78, 5) is 17.4. The Balaban J connectivity index is 0.00000220. The van der Waals surface area contributed by atoms with Gasteiger partial charge < -0.3 is 15.1 Å². The molecule has 0 aliphatic carbocycles. The Morgan fingerprint density at radius 2 is 2.18 bits per heavy atom. The number of aryl methyl sites for hydroxylation is 1. The third-order valence-corrected chi connectivity index (χ3v) is 3.85. The quantitative estimate of drug-likeness (QED) is 0.823. The average molecular weight is 366 g/mol. The van der Waals surface area contributed by atoms with E-state index in [9.17, 15) is 4.79 Å². The van der Waals surface area contributed by atoms with E-state index < -0.39 is 0 Å². The van der Waals surface area contributed by atoms with Gasteiger partial charge >= 0.3 is 0 Å². The summed E-state index contributed by atoms with van der Waals surface area (Å²) in [7, 11) is 0. The van der Waals surface area contributed by atoms with Gasteiger partial charge in [0.25, 0.3) is 5.91 Å². The van der Waals surface area contributed by atoms with Crippen LogP contribution in [0.25, 0.3) is 10.8 Å². The van der Waals surface area contributed by atoms with Crippen molar-refractivity contribution in [3.8, 4) is 10.8 Å². The van der Waals surface area contributed by atoms with Crippen LogP contribution in [0.15, 0.2) is 22.8 Å². The highest BCUT2D eigenvalue weighted by atomic mass is 35.5. The Bertz CT molecular complexity index is 573. The Morgan fingerprint density at radius 1 is 1.45 bits per heavy atom. The molecule has 2 aromatic rings. The van der Waals surface area contributed by atoms with Crippen LogP contribution in [0, 0.1) is 6.92 Å². The molecule has 124 valence electrons. The van der Waals surface area contributed by atoms with Crippen LogP contribution in [0.4, 0.5) is 0 Å². The number of amides is 1. The fourth-order valence-electron chi connectivity index (χ4n) is 1.86. The summed E-state index contributed by atoms with van der Waals surface area (Å²) >= 11 is 1.46. The van der Waals surface area contributed by atoms with Gasteiger partial charge in [0.15, 0.2) is 10.8 Å². The second-order valence-corrected chi connectivity index (χ2v) is 5.77. The second kappa shape index (κ2) is 9.84. The fourth-order valence-corrected chi connectivity index (χ4v) is 2.74. The first-order valence-electron chi connectivity index (χ1n) is 6.64. The highest BCUT2D eigenvalue weighted by Crippen LogP contribution is 2.27. The molecule has 0 fully saturated rings. The van der Waals surface area contributed by atoms with Crippen molar-refractivity contribution >= 4 is 42.1 Å². The van der Waals surface area contributed by atoms with Gasteiger partial charge in [0.05, 0.1) is 6.26 Å². The number of hydrogen-bond donors (Lipinski definition) is 2. The zero-order valence-electron chi connectivity index (χ0n) is 12.7. The zero-order valence-corrected chi connectivity index (χ0v) is 15.2. The first-order chi connectivity index (χ1) is 9.61. The van der Waals surface area contributed by atoms with Gasteiger partial charge in [-0.2, -0.15) is 0 Å². The molecule has 2 N–H and O–H groups in total. The Labute approximate surface area is 146 Å². The van der Waals surface area contributed by atoms with Gasteiger partial charge in [0, 0.05) is 17.5 Å². The zero-order chi connectivity index (χ0) is 14.5. The standard InChI is InChI=1S/C14H19N3O2S.2ClH/c1-4-15-9(2)8-16-13(18)12-10(3)20-14(17-12)11-6-5-7-19-11;;/h5-7,9,15H,4,8H2,1-3H3,(H,16,18);2*1H/t9-;;/m1../s1. The maximum absolute atomic E-state index is 12.1. The minimum Gasteiger partial charge on any atom is -0.462 e. The Hall–Kier alpha value is -1.08. The predicted molar refractivity (Wildman–Crippen MR) is 94.5 cm³/mol. The molecule has 0 aliphatic heterocycles. The van der Waals surface area contributed by atoms with Gasteiger partial charge in [0.2, 0.25) is 0 Å². The van der Waals surface area contributed by atoms with E-state index in [2.05, 4.69) is 15.6 Å². The lowest BCUT2D eigenvalue weighted by atomic mass is 10.3. The number of thiazole rings is 1. The number of furan rings is 1. The van der Waals surface area contributed by atoms with Crippen LogP contribution in [-0.4, -0.2) is 30.0 Å². The molecular formula is C14H21Cl2N3O2S. The largest absolute Gasteiger partial charge is 0.462 e. The van der Waals surface area contributed by atoms with Gasteiger partial charge in [-0.15, -0.1) is 36.2 Å². The number of aromatic nitrogens is 1. The minimum absolute atomic E-state index is 0. The molecule has 2 heterocycles. The number of carbonyl (C=O) groups excluding carboxylic acids is 1. The van der Waals surface area contributed by atoms with E-state index in [-0.39, 0.29) is 36.8 Å². The molecule has 1 amide bonds. The maximum Gasteiger partial charge on any atom is 0.271 e. The van der Waals surface area contributed by atoms with Gasteiger partial charge in [-0.05, 0) is 32.5 Å². The van der Waals surface area contributed by atoms with Gasteiger partial charge in [-0.1, -0.05) is 6.92 Å². The van der Waals surface area contributed by atoms with Crippen molar-refractivity contribution < 1.29 is 9.21 Å². The summed E-state index contributed by atoms with van der Waals surface area (Å²) in [6.45, 7) is 7.44. The molecule has 2 aromatic heterocycles. The summed E-state index contributed by atoms with van der Waals surface area (Å²) in [5, 5.41) is 6.88. The lowest BCUT2D eigenvalue weighted by molar-refractivity contribution is 0.0945. The van der Waals surface area contributed by atoms with E-state index in [0.29, 0.717) is 18.0 Å². The summed E-state index contributed by atoms with van der Waals surface area (Å²) in [5.74, 6) is 0.555. The number of carbonyl (C=O) groups is 1. The summed E-state index contributed by atoms with van der Waals surface area (Å²) in [5.41, 5.74) is 0.477. The smallest absolute Gasteiger partial charge is 0.271 e. The van der Waals surface area contributed by atoms with Crippen LogP contribution in [0.3, 0.4) is 0 Å². The SMILES string of the molecule is CCN[C@H](C)CNC(=O)c1nc(-c2ccco2)sc1C.Cl.Cl. The van der Waals surface area contributed by atoms with E-state index >= 15 is 0 Å². The minimum atomic E-state index is -0.138. The molecule has 0 bridgehead atoms. The van der Waals surface area contributed by atoms with Crippen LogP contribution in [0.5, 0.6) is 0 Å². The fraction of sp³-hybridized carbons (Fsp3) is 0.429. The first-order valence-corrected chi connectivity index (χ1v) is 7.46. The molecule has 5 nitrogen and oxygen atoms in total. The van der Waals surface area contributed by atoms with E-state index in [0.717, 1.165) is 16.4 Å². The van der Waals surface area contributed by atoms with Crippen LogP contribution in [0.1, 0.15) is 29.2 Å². The van der Waals surface area contributed by atoms with Gasteiger partial charge in [-0.3, -0.25) is 4.79 Å². The number of rotatable bonds is 6. The molecule has 1 atom stereocenters. The topological polar surface area (TPSA) is 67.2 Å². The first kappa shape index (κ1) is 20.9. The monoisotopic (exact) mass is 365 g/mol. The average Bonchev–Trinajstić information content (AvgIpc) is 3.05. The number of nitrogens with one attached hydrogen (secondary N) is 2. The molecule has 0 aromatic carbocycles. The third-order valence-electron chi connectivity index (χ3n) is 2.87. The Morgan fingerprint density at radius 3 is 2.77 bits per heavy atom. The molecule has 0 unspecified atom stereocenters. The molecular weight excluding hydrogens is 345 g/mol. The maximum atomic E-state index is 12.1. The van der Waals surface area contributed by atoms with Gasteiger partial charge in [0.1, 0.15) is 5.69 Å². The number of halogens is 2. The van der Waals surface area contributed by atoms with Crippen LogP contribution in [0.2, 0.25) is 0 Å². The third kappa shape index (κ3) is 5.28.